The number of nitrogens with one attached hydrogen (secondary N) is 2. The average molecular weight is 354 g/mol. The van der Waals surface area contributed by atoms with E-state index >= 15 is 0 Å². The summed E-state index contributed by atoms with van der Waals surface area (Å²) in [7, 11) is 0. The number of rotatable bonds is 6. The summed E-state index contributed by atoms with van der Waals surface area (Å²) in [5.41, 5.74) is 2.15. The fraction of sp³-hybridized carbons (Fsp3) is 0.250. The van der Waals surface area contributed by atoms with Gasteiger partial charge in [0.2, 0.25) is 5.91 Å². The molecule has 0 heterocycles. The number of amides is 2. The Balaban J connectivity index is 2.19. The summed E-state index contributed by atoms with van der Waals surface area (Å²) in [6.45, 7) is 5.39. The Bertz CT molecular complexity index is 830. The number of hydrogen-bond acceptors (Lipinski definition) is 3. The van der Waals surface area contributed by atoms with Gasteiger partial charge in [0.25, 0.3) is 5.91 Å². The van der Waals surface area contributed by atoms with Gasteiger partial charge in [-0.2, -0.15) is 0 Å². The van der Waals surface area contributed by atoms with E-state index in [1.807, 2.05) is 13.0 Å². The van der Waals surface area contributed by atoms with Crippen LogP contribution < -0.4 is 10.6 Å². The Labute approximate surface area is 152 Å². The van der Waals surface area contributed by atoms with Crippen LogP contribution in [0, 0.1) is 12.8 Å². The van der Waals surface area contributed by atoms with Gasteiger partial charge in [-0.1, -0.05) is 49.7 Å². The van der Waals surface area contributed by atoms with Crippen LogP contribution in [-0.4, -0.2) is 22.9 Å². The second-order valence-corrected chi connectivity index (χ2v) is 6.38. The molecule has 6 nitrogen and oxygen atoms in total. The van der Waals surface area contributed by atoms with E-state index in [1.165, 1.54) is 6.07 Å². The Morgan fingerprint density at radius 1 is 1.00 bits per heavy atom. The number of carboxylic acid groups (broad SMARTS) is 1. The molecule has 0 saturated heterocycles. The van der Waals surface area contributed by atoms with Crippen LogP contribution in [0.5, 0.6) is 0 Å². The summed E-state index contributed by atoms with van der Waals surface area (Å²) < 4.78 is 0. The van der Waals surface area contributed by atoms with E-state index in [9.17, 15) is 19.5 Å². The smallest absolute Gasteiger partial charge is 0.330 e. The van der Waals surface area contributed by atoms with E-state index in [0.717, 1.165) is 5.56 Å². The van der Waals surface area contributed by atoms with Gasteiger partial charge in [0.1, 0.15) is 0 Å². The number of anilines is 1. The topological polar surface area (TPSA) is 95.5 Å². The highest BCUT2D eigenvalue weighted by Gasteiger charge is 2.23. The molecular formula is C20H22N2O4. The van der Waals surface area contributed by atoms with Gasteiger partial charge in [-0.25, -0.2) is 4.79 Å². The fourth-order valence-electron chi connectivity index (χ4n) is 2.38. The summed E-state index contributed by atoms with van der Waals surface area (Å²) >= 11 is 0. The van der Waals surface area contributed by atoms with Gasteiger partial charge in [-0.05, 0) is 30.7 Å². The molecule has 2 amide bonds. The normalized spacial score (nSPS) is 11.7. The molecule has 0 aromatic heterocycles. The van der Waals surface area contributed by atoms with E-state index in [0.29, 0.717) is 11.3 Å². The molecular weight excluding hydrogens is 332 g/mol. The van der Waals surface area contributed by atoms with E-state index in [1.54, 1.807) is 50.2 Å². The second kappa shape index (κ2) is 8.29. The van der Waals surface area contributed by atoms with Crippen LogP contribution >= 0.6 is 0 Å². The molecule has 0 fully saturated rings. The van der Waals surface area contributed by atoms with Gasteiger partial charge < -0.3 is 15.7 Å². The molecule has 2 aromatic rings. The SMILES string of the molecule is Cc1cccc(C(NC(=O)c2cccc(NC(=O)C(C)C)c2)C(=O)O)c1. The average Bonchev–Trinajstić information content (AvgIpc) is 2.59. The maximum absolute atomic E-state index is 12.5. The molecule has 136 valence electrons. The maximum atomic E-state index is 12.5. The predicted octanol–water partition coefficient (Wildman–Crippen LogP) is 3.15. The van der Waals surface area contributed by atoms with Crippen molar-refractivity contribution >= 4 is 23.5 Å². The lowest BCUT2D eigenvalue weighted by Gasteiger charge is -2.16. The molecule has 3 N–H and O–H groups in total. The van der Waals surface area contributed by atoms with Crippen molar-refractivity contribution < 1.29 is 19.5 Å². The fourth-order valence-corrected chi connectivity index (χ4v) is 2.38. The molecule has 26 heavy (non-hydrogen) atoms. The van der Waals surface area contributed by atoms with Crippen LogP contribution in [0.4, 0.5) is 5.69 Å². The minimum Gasteiger partial charge on any atom is -0.479 e. The van der Waals surface area contributed by atoms with Gasteiger partial charge in [-0.15, -0.1) is 0 Å². The Morgan fingerprint density at radius 3 is 2.31 bits per heavy atom. The molecule has 2 rings (SSSR count). The molecule has 0 radical (unpaired) electrons. The van der Waals surface area contributed by atoms with Crippen molar-refractivity contribution in [1.29, 1.82) is 0 Å². The Hall–Kier alpha value is -3.15. The molecule has 2 aromatic carbocycles. The van der Waals surface area contributed by atoms with E-state index in [2.05, 4.69) is 10.6 Å². The summed E-state index contributed by atoms with van der Waals surface area (Å²) in [4.78, 5) is 35.9. The Kier molecular flexibility index (Phi) is 6.11. The Morgan fingerprint density at radius 2 is 1.69 bits per heavy atom. The number of hydrogen-bond donors (Lipinski definition) is 3. The summed E-state index contributed by atoms with van der Waals surface area (Å²) in [5, 5.41) is 14.7. The highest BCUT2D eigenvalue weighted by molar-refractivity contribution is 5.99. The minimum absolute atomic E-state index is 0.161. The van der Waals surface area contributed by atoms with Crippen LogP contribution in [0.25, 0.3) is 0 Å². The molecule has 6 heteroatoms. The van der Waals surface area contributed by atoms with Gasteiger partial charge >= 0.3 is 5.97 Å². The summed E-state index contributed by atoms with van der Waals surface area (Å²) in [6, 6.07) is 12.2. The lowest BCUT2D eigenvalue weighted by Crippen LogP contribution is -2.33. The van der Waals surface area contributed by atoms with Crippen molar-refractivity contribution in [3.63, 3.8) is 0 Å². The number of aryl methyl sites for hydroxylation is 1. The number of carboxylic acids is 1. The zero-order chi connectivity index (χ0) is 19.3. The number of carbonyl (C=O) groups excluding carboxylic acids is 2. The summed E-state index contributed by atoms with van der Waals surface area (Å²) in [5.74, 6) is -2.02. The zero-order valence-electron chi connectivity index (χ0n) is 14.9. The van der Waals surface area contributed by atoms with Crippen molar-refractivity contribution in [2.75, 3.05) is 5.32 Å². The zero-order valence-corrected chi connectivity index (χ0v) is 14.9. The lowest BCUT2D eigenvalue weighted by molar-refractivity contribution is -0.139. The van der Waals surface area contributed by atoms with Crippen LogP contribution in [0.15, 0.2) is 48.5 Å². The molecule has 0 aliphatic rings. The van der Waals surface area contributed by atoms with Gasteiger partial charge in [0.05, 0.1) is 0 Å². The molecule has 1 atom stereocenters. The molecule has 0 saturated carbocycles. The van der Waals surface area contributed by atoms with Crippen molar-refractivity contribution in [2.24, 2.45) is 5.92 Å². The van der Waals surface area contributed by atoms with Crippen molar-refractivity contribution in [1.82, 2.24) is 5.32 Å². The third-order valence-corrected chi connectivity index (χ3v) is 3.81. The van der Waals surface area contributed by atoms with Crippen molar-refractivity contribution in [3.05, 3.63) is 65.2 Å². The van der Waals surface area contributed by atoms with E-state index < -0.39 is 17.9 Å². The second-order valence-electron chi connectivity index (χ2n) is 6.38. The first-order valence-electron chi connectivity index (χ1n) is 8.29. The maximum Gasteiger partial charge on any atom is 0.330 e. The summed E-state index contributed by atoms with van der Waals surface area (Å²) in [6.07, 6.45) is 0. The molecule has 0 spiro atoms. The molecule has 1 unspecified atom stereocenters. The first-order chi connectivity index (χ1) is 12.3. The highest BCUT2D eigenvalue weighted by atomic mass is 16.4. The molecule has 0 aliphatic carbocycles. The van der Waals surface area contributed by atoms with Gasteiger partial charge in [-0.3, -0.25) is 9.59 Å². The molecule has 0 aliphatic heterocycles. The number of benzene rings is 2. The van der Waals surface area contributed by atoms with Crippen LogP contribution in [0.3, 0.4) is 0 Å². The lowest BCUT2D eigenvalue weighted by atomic mass is 10.0. The number of aliphatic carboxylic acids is 1. The largest absolute Gasteiger partial charge is 0.479 e. The van der Waals surface area contributed by atoms with Crippen LogP contribution in [0.2, 0.25) is 0 Å². The predicted molar refractivity (Wildman–Crippen MR) is 98.9 cm³/mol. The first-order valence-corrected chi connectivity index (χ1v) is 8.29. The van der Waals surface area contributed by atoms with Gasteiger partial charge in [0, 0.05) is 17.2 Å². The third kappa shape index (κ3) is 4.92. The first kappa shape index (κ1) is 19.2. The van der Waals surface area contributed by atoms with Gasteiger partial charge in [0.15, 0.2) is 6.04 Å². The van der Waals surface area contributed by atoms with Crippen molar-refractivity contribution in [2.45, 2.75) is 26.8 Å². The monoisotopic (exact) mass is 354 g/mol. The standard InChI is InChI=1S/C20H22N2O4/c1-12(2)18(23)21-16-9-5-8-15(11-16)19(24)22-17(20(25)26)14-7-4-6-13(3)10-14/h4-12,17H,1-3H3,(H,21,23)(H,22,24)(H,25,26). The highest BCUT2D eigenvalue weighted by Crippen LogP contribution is 2.17. The van der Waals surface area contributed by atoms with Crippen molar-refractivity contribution in [3.8, 4) is 0 Å². The van der Waals surface area contributed by atoms with Crippen LogP contribution in [0.1, 0.15) is 41.4 Å². The van der Waals surface area contributed by atoms with Crippen LogP contribution in [-0.2, 0) is 9.59 Å². The third-order valence-electron chi connectivity index (χ3n) is 3.81. The number of carbonyl (C=O) groups is 3. The van der Waals surface area contributed by atoms with E-state index in [-0.39, 0.29) is 17.4 Å². The molecule has 0 bridgehead atoms. The van der Waals surface area contributed by atoms with E-state index in [4.69, 9.17) is 0 Å². The minimum atomic E-state index is -1.16. The quantitative estimate of drug-likeness (QED) is 0.742.